The van der Waals surface area contributed by atoms with Crippen molar-refractivity contribution in [2.45, 2.75) is 27.7 Å². The Morgan fingerprint density at radius 2 is 1.43 bits per heavy atom. The molecule has 0 amide bonds. The van der Waals surface area contributed by atoms with Crippen LogP contribution >= 0.6 is 0 Å². The van der Waals surface area contributed by atoms with Crippen molar-refractivity contribution in [3.8, 4) is 0 Å². The highest BCUT2D eigenvalue weighted by atomic mass is 14.8. The molecule has 1 heteroatoms. The number of rotatable bonds is 3. The molecule has 0 aliphatic rings. The van der Waals surface area contributed by atoms with E-state index in [1.165, 1.54) is 5.71 Å². The van der Waals surface area contributed by atoms with Crippen LogP contribution in [0.15, 0.2) is 35.3 Å². The number of benzene rings is 1. The standard InChI is InChI=1S/C13H19N/c1-10(2)13(11(3)4)14-12-8-6-5-7-9-12/h5-11H,1-4H3. The molecule has 1 rings (SSSR count). The normalized spacial score (nSPS) is 10.7. The lowest BCUT2D eigenvalue weighted by molar-refractivity contribution is 0.765. The van der Waals surface area contributed by atoms with Crippen molar-refractivity contribution in [1.82, 2.24) is 0 Å². The molecule has 0 aliphatic carbocycles. The number of hydrogen-bond acceptors (Lipinski definition) is 1. The first kappa shape index (κ1) is 11.0. The fourth-order valence-electron chi connectivity index (χ4n) is 1.58. The number of nitrogens with zero attached hydrogens (tertiary/aromatic N) is 1. The summed E-state index contributed by atoms with van der Waals surface area (Å²) in [5, 5.41) is 0. The quantitative estimate of drug-likeness (QED) is 0.635. The molecular formula is C13H19N. The minimum atomic E-state index is 0.523. The van der Waals surface area contributed by atoms with Crippen LogP contribution in [0.3, 0.4) is 0 Å². The van der Waals surface area contributed by atoms with Gasteiger partial charge in [0.05, 0.1) is 5.69 Å². The lowest BCUT2D eigenvalue weighted by atomic mass is 9.97. The highest BCUT2D eigenvalue weighted by Gasteiger charge is 2.09. The first-order chi connectivity index (χ1) is 6.61. The van der Waals surface area contributed by atoms with Crippen LogP contribution in [0, 0.1) is 11.8 Å². The van der Waals surface area contributed by atoms with Gasteiger partial charge < -0.3 is 0 Å². The third-order valence-corrected chi connectivity index (χ3v) is 2.20. The van der Waals surface area contributed by atoms with Gasteiger partial charge in [-0.25, -0.2) is 0 Å². The van der Waals surface area contributed by atoms with Gasteiger partial charge in [0.2, 0.25) is 0 Å². The van der Waals surface area contributed by atoms with Gasteiger partial charge in [-0.15, -0.1) is 0 Å². The summed E-state index contributed by atoms with van der Waals surface area (Å²) in [5.74, 6) is 1.05. The second-order valence-corrected chi connectivity index (χ2v) is 4.18. The molecule has 0 spiro atoms. The number of para-hydroxylation sites is 1. The lowest BCUT2D eigenvalue weighted by Crippen LogP contribution is -2.14. The molecular weight excluding hydrogens is 170 g/mol. The van der Waals surface area contributed by atoms with Gasteiger partial charge >= 0.3 is 0 Å². The summed E-state index contributed by atoms with van der Waals surface area (Å²) in [7, 11) is 0. The second kappa shape index (κ2) is 4.94. The van der Waals surface area contributed by atoms with Crippen LogP contribution in [0.1, 0.15) is 27.7 Å². The molecule has 0 saturated carbocycles. The van der Waals surface area contributed by atoms with Crippen molar-refractivity contribution in [1.29, 1.82) is 0 Å². The van der Waals surface area contributed by atoms with Gasteiger partial charge in [0.25, 0.3) is 0 Å². The van der Waals surface area contributed by atoms with Crippen molar-refractivity contribution in [3.05, 3.63) is 30.3 Å². The van der Waals surface area contributed by atoms with Crippen molar-refractivity contribution in [2.24, 2.45) is 16.8 Å². The van der Waals surface area contributed by atoms with Gasteiger partial charge in [0, 0.05) is 5.71 Å². The summed E-state index contributed by atoms with van der Waals surface area (Å²) in [4.78, 5) is 4.67. The molecule has 0 saturated heterocycles. The topological polar surface area (TPSA) is 12.4 Å². The first-order valence-corrected chi connectivity index (χ1v) is 5.24. The Hall–Kier alpha value is -1.11. The Balaban J connectivity index is 2.94. The van der Waals surface area contributed by atoms with Gasteiger partial charge in [-0.1, -0.05) is 45.9 Å². The van der Waals surface area contributed by atoms with Gasteiger partial charge in [0.1, 0.15) is 0 Å². The van der Waals surface area contributed by atoms with E-state index >= 15 is 0 Å². The van der Waals surface area contributed by atoms with Gasteiger partial charge in [-0.05, 0) is 24.0 Å². The largest absolute Gasteiger partial charge is 0.257 e. The molecule has 0 aromatic heterocycles. The van der Waals surface area contributed by atoms with Crippen molar-refractivity contribution in [3.63, 3.8) is 0 Å². The Bertz CT molecular complexity index is 286. The monoisotopic (exact) mass is 189 g/mol. The summed E-state index contributed by atoms with van der Waals surface area (Å²) in [6, 6.07) is 10.2. The van der Waals surface area contributed by atoms with Crippen LogP contribution in [0.5, 0.6) is 0 Å². The van der Waals surface area contributed by atoms with Crippen LogP contribution in [-0.2, 0) is 0 Å². The second-order valence-electron chi connectivity index (χ2n) is 4.18. The van der Waals surface area contributed by atoms with E-state index < -0.39 is 0 Å². The predicted octanol–water partition coefficient (Wildman–Crippen LogP) is 4.07. The van der Waals surface area contributed by atoms with E-state index in [1.807, 2.05) is 30.3 Å². The van der Waals surface area contributed by atoms with Crippen LogP contribution in [0.2, 0.25) is 0 Å². The first-order valence-electron chi connectivity index (χ1n) is 5.24. The maximum Gasteiger partial charge on any atom is 0.0629 e. The molecule has 0 N–H and O–H groups in total. The van der Waals surface area contributed by atoms with Crippen LogP contribution in [-0.4, -0.2) is 5.71 Å². The molecule has 1 aromatic carbocycles. The summed E-state index contributed by atoms with van der Waals surface area (Å²) in [6.07, 6.45) is 0. The molecule has 0 heterocycles. The average Bonchev–Trinajstić information content (AvgIpc) is 2.15. The zero-order chi connectivity index (χ0) is 10.6. The smallest absolute Gasteiger partial charge is 0.0629 e. The highest BCUT2D eigenvalue weighted by Crippen LogP contribution is 2.16. The van der Waals surface area contributed by atoms with E-state index in [2.05, 4.69) is 32.7 Å². The number of aliphatic imine (C=N–C) groups is 1. The minimum absolute atomic E-state index is 0.523. The Kier molecular flexibility index (Phi) is 3.87. The van der Waals surface area contributed by atoms with Crippen molar-refractivity contribution < 1.29 is 0 Å². The van der Waals surface area contributed by atoms with E-state index in [4.69, 9.17) is 0 Å². The average molecular weight is 189 g/mol. The summed E-state index contributed by atoms with van der Waals surface area (Å²) >= 11 is 0. The Morgan fingerprint density at radius 3 is 1.86 bits per heavy atom. The fourth-order valence-corrected chi connectivity index (χ4v) is 1.58. The lowest BCUT2D eigenvalue weighted by Gasteiger charge is -2.13. The maximum atomic E-state index is 4.67. The predicted molar refractivity (Wildman–Crippen MR) is 63.2 cm³/mol. The van der Waals surface area contributed by atoms with Gasteiger partial charge in [-0.3, -0.25) is 4.99 Å². The molecule has 0 bridgehead atoms. The highest BCUT2D eigenvalue weighted by molar-refractivity contribution is 5.90. The van der Waals surface area contributed by atoms with Crippen LogP contribution < -0.4 is 0 Å². The van der Waals surface area contributed by atoms with Crippen molar-refractivity contribution in [2.75, 3.05) is 0 Å². The van der Waals surface area contributed by atoms with Crippen LogP contribution in [0.4, 0.5) is 5.69 Å². The van der Waals surface area contributed by atoms with Gasteiger partial charge in [0.15, 0.2) is 0 Å². The molecule has 0 radical (unpaired) electrons. The van der Waals surface area contributed by atoms with E-state index in [1.54, 1.807) is 0 Å². The third-order valence-electron chi connectivity index (χ3n) is 2.20. The zero-order valence-corrected chi connectivity index (χ0v) is 9.49. The number of hydrogen-bond donors (Lipinski definition) is 0. The molecule has 0 unspecified atom stereocenters. The van der Waals surface area contributed by atoms with E-state index in [0.717, 1.165) is 5.69 Å². The molecule has 1 aromatic rings. The zero-order valence-electron chi connectivity index (χ0n) is 9.49. The maximum absolute atomic E-state index is 4.67. The molecule has 1 nitrogen and oxygen atoms in total. The molecule has 0 aliphatic heterocycles. The van der Waals surface area contributed by atoms with E-state index in [9.17, 15) is 0 Å². The molecule has 0 atom stereocenters. The fraction of sp³-hybridized carbons (Fsp3) is 0.462. The summed E-state index contributed by atoms with van der Waals surface area (Å²) < 4.78 is 0. The molecule has 76 valence electrons. The van der Waals surface area contributed by atoms with E-state index in [-0.39, 0.29) is 0 Å². The Morgan fingerprint density at radius 1 is 0.929 bits per heavy atom. The third kappa shape index (κ3) is 2.99. The summed E-state index contributed by atoms with van der Waals surface area (Å²) in [5.41, 5.74) is 2.33. The summed E-state index contributed by atoms with van der Waals surface area (Å²) in [6.45, 7) is 8.78. The van der Waals surface area contributed by atoms with Crippen LogP contribution in [0.25, 0.3) is 0 Å². The minimum Gasteiger partial charge on any atom is -0.257 e. The molecule has 0 fully saturated rings. The molecule has 14 heavy (non-hydrogen) atoms. The SMILES string of the molecule is CC(C)C(=Nc1ccccc1)C(C)C. The van der Waals surface area contributed by atoms with Gasteiger partial charge in [-0.2, -0.15) is 0 Å². The Labute approximate surface area is 86.9 Å². The van der Waals surface area contributed by atoms with E-state index in [0.29, 0.717) is 11.8 Å². The van der Waals surface area contributed by atoms with Crippen molar-refractivity contribution >= 4 is 11.4 Å².